The van der Waals surface area contributed by atoms with Gasteiger partial charge in [-0.25, -0.2) is 0 Å². The number of likely N-dealkylation sites (tertiary alicyclic amines) is 1. The van der Waals surface area contributed by atoms with Crippen LogP contribution < -0.4 is 5.32 Å². The Kier molecular flexibility index (Phi) is 3.97. The van der Waals surface area contributed by atoms with Crippen LogP contribution in [0.2, 0.25) is 0 Å². The number of nitrogens with zero attached hydrogens (tertiary/aromatic N) is 1. The summed E-state index contributed by atoms with van der Waals surface area (Å²) in [7, 11) is 0. The van der Waals surface area contributed by atoms with Gasteiger partial charge < -0.3 is 10.4 Å². The minimum absolute atomic E-state index is 0.388. The highest BCUT2D eigenvalue weighted by Crippen LogP contribution is 2.39. The van der Waals surface area contributed by atoms with E-state index in [2.05, 4.69) is 40.5 Å². The molecule has 3 atom stereocenters. The normalized spacial score (nSPS) is 33.6. The predicted octanol–water partition coefficient (Wildman–Crippen LogP) is 2.40. The molecule has 2 saturated carbocycles. The number of hydrogen-bond acceptors (Lipinski definition) is 3. The summed E-state index contributed by atoms with van der Waals surface area (Å²) in [5, 5.41) is 14.0. The molecular weight excluding hydrogens is 272 g/mol. The van der Waals surface area contributed by atoms with E-state index in [0.29, 0.717) is 6.04 Å². The number of hydrogen-bond donors (Lipinski definition) is 2. The van der Waals surface area contributed by atoms with Gasteiger partial charge in [0.1, 0.15) is 0 Å². The van der Waals surface area contributed by atoms with Gasteiger partial charge in [0.25, 0.3) is 0 Å². The number of nitrogens with one attached hydrogen (secondary N) is 1. The molecule has 1 saturated heterocycles. The molecule has 1 aromatic rings. The lowest BCUT2D eigenvalue weighted by molar-refractivity contribution is -0.0340. The molecule has 3 aliphatic rings. The van der Waals surface area contributed by atoms with E-state index in [4.69, 9.17) is 0 Å². The molecule has 3 nitrogen and oxygen atoms in total. The van der Waals surface area contributed by atoms with Gasteiger partial charge in [-0.3, -0.25) is 4.90 Å². The first-order valence-corrected chi connectivity index (χ1v) is 8.94. The molecule has 0 aromatic heterocycles. The summed E-state index contributed by atoms with van der Waals surface area (Å²) < 4.78 is 0. The lowest BCUT2D eigenvalue weighted by Gasteiger charge is -2.38. The smallest absolute Gasteiger partial charge is 0.0771 e. The lowest BCUT2D eigenvalue weighted by Crippen LogP contribution is -2.50. The van der Waals surface area contributed by atoms with Crippen LogP contribution in [0.15, 0.2) is 30.3 Å². The van der Waals surface area contributed by atoms with Crippen LogP contribution in [-0.2, 0) is 6.54 Å². The van der Waals surface area contributed by atoms with Crippen LogP contribution in [-0.4, -0.2) is 41.3 Å². The van der Waals surface area contributed by atoms with Crippen molar-refractivity contribution in [1.29, 1.82) is 0 Å². The van der Waals surface area contributed by atoms with Crippen LogP contribution >= 0.6 is 0 Å². The van der Waals surface area contributed by atoms with Crippen LogP contribution in [0.25, 0.3) is 0 Å². The Morgan fingerprint density at radius 2 is 1.95 bits per heavy atom. The standard InChI is InChI=1S/C19H28N2O/c22-19(9-4-10-19)14-20-18-8-7-16-12-21(13-17(16)18)11-15-5-2-1-3-6-15/h1-3,5-6,16-18,20,22H,4,7-14H2. The van der Waals surface area contributed by atoms with Crippen LogP contribution in [0, 0.1) is 11.8 Å². The van der Waals surface area contributed by atoms with Gasteiger partial charge in [-0.15, -0.1) is 0 Å². The second-order valence-corrected chi connectivity index (χ2v) is 7.75. The van der Waals surface area contributed by atoms with Gasteiger partial charge >= 0.3 is 0 Å². The molecule has 0 spiro atoms. The maximum absolute atomic E-state index is 10.3. The molecule has 0 radical (unpaired) electrons. The fraction of sp³-hybridized carbons (Fsp3) is 0.684. The zero-order valence-electron chi connectivity index (χ0n) is 13.4. The molecule has 1 heterocycles. The van der Waals surface area contributed by atoms with Gasteiger partial charge in [-0.05, 0) is 49.5 Å². The molecule has 3 unspecified atom stereocenters. The number of benzene rings is 1. The van der Waals surface area contributed by atoms with Crippen LogP contribution in [0.3, 0.4) is 0 Å². The Morgan fingerprint density at radius 3 is 2.68 bits per heavy atom. The Labute approximate surface area is 133 Å². The quantitative estimate of drug-likeness (QED) is 0.876. The molecule has 1 aliphatic heterocycles. The topological polar surface area (TPSA) is 35.5 Å². The Hall–Kier alpha value is -0.900. The van der Waals surface area contributed by atoms with Crippen molar-refractivity contribution >= 4 is 0 Å². The maximum Gasteiger partial charge on any atom is 0.0771 e. The van der Waals surface area contributed by atoms with E-state index in [1.165, 1.54) is 37.9 Å². The van der Waals surface area contributed by atoms with E-state index in [0.717, 1.165) is 37.8 Å². The SMILES string of the molecule is OC1(CNC2CCC3CN(Cc4ccccc4)CC32)CCC1. The molecule has 3 heteroatoms. The summed E-state index contributed by atoms with van der Waals surface area (Å²) in [6.45, 7) is 4.36. The maximum atomic E-state index is 10.3. The molecule has 3 fully saturated rings. The third-order valence-electron chi connectivity index (χ3n) is 6.16. The summed E-state index contributed by atoms with van der Waals surface area (Å²) >= 11 is 0. The van der Waals surface area contributed by atoms with Crippen molar-refractivity contribution in [3.63, 3.8) is 0 Å². The lowest BCUT2D eigenvalue weighted by atomic mass is 9.80. The fourth-order valence-electron chi connectivity index (χ4n) is 4.66. The first kappa shape index (κ1) is 14.7. The van der Waals surface area contributed by atoms with Crippen molar-refractivity contribution in [3.8, 4) is 0 Å². The second-order valence-electron chi connectivity index (χ2n) is 7.75. The molecule has 22 heavy (non-hydrogen) atoms. The molecule has 0 bridgehead atoms. The third kappa shape index (κ3) is 2.94. The van der Waals surface area contributed by atoms with Crippen molar-refractivity contribution in [2.24, 2.45) is 11.8 Å². The predicted molar refractivity (Wildman–Crippen MR) is 88.5 cm³/mol. The van der Waals surface area contributed by atoms with E-state index < -0.39 is 0 Å². The van der Waals surface area contributed by atoms with Crippen molar-refractivity contribution in [2.75, 3.05) is 19.6 Å². The molecule has 2 N–H and O–H groups in total. The van der Waals surface area contributed by atoms with Crippen LogP contribution in [0.1, 0.15) is 37.7 Å². The first-order valence-electron chi connectivity index (χ1n) is 8.94. The summed E-state index contributed by atoms with van der Waals surface area (Å²) in [4.78, 5) is 2.62. The van der Waals surface area contributed by atoms with E-state index in [1.807, 2.05) is 0 Å². The molecule has 2 aliphatic carbocycles. The van der Waals surface area contributed by atoms with Gasteiger partial charge in [0.05, 0.1) is 5.60 Å². The highest BCUT2D eigenvalue weighted by Gasteiger charge is 2.43. The summed E-state index contributed by atoms with van der Waals surface area (Å²) in [5.41, 5.74) is 1.04. The Morgan fingerprint density at radius 1 is 1.14 bits per heavy atom. The van der Waals surface area contributed by atoms with Gasteiger partial charge in [0.15, 0.2) is 0 Å². The third-order valence-corrected chi connectivity index (χ3v) is 6.16. The molecule has 1 aromatic carbocycles. The highest BCUT2D eigenvalue weighted by molar-refractivity contribution is 5.15. The molecule has 0 amide bonds. The van der Waals surface area contributed by atoms with Crippen molar-refractivity contribution < 1.29 is 5.11 Å². The van der Waals surface area contributed by atoms with Crippen molar-refractivity contribution in [1.82, 2.24) is 10.2 Å². The molecule has 4 rings (SSSR count). The van der Waals surface area contributed by atoms with Crippen LogP contribution in [0.5, 0.6) is 0 Å². The van der Waals surface area contributed by atoms with Crippen LogP contribution in [0.4, 0.5) is 0 Å². The van der Waals surface area contributed by atoms with E-state index in [1.54, 1.807) is 0 Å². The van der Waals surface area contributed by atoms with Gasteiger partial charge in [-0.2, -0.15) is 0 Å². The molecule has 120 valence electrons. The van der Waals surface area contributed by atoms with Gasteiger partial charge in [-0.1, -0.05) is 30.3 Å². The minimum Gasteiger partial charge on any atom is -0.389 e. The van der Waals surface area contributed by atoms with Gasteiger partial charge in [0.2, 0.25) is 0 Å². The Balaban J connectivity index is 1.31. The fourth-order valence-corrected chi connectivity index (χ4v) is 4.66. The average Bonchev–Trinajstić information content (AvgIpc) is 3.04. The monoisotopic (exact) mass is 300 g/mol. The van der Waals surface area contributed by atoms with Gasteiger partial charge in [0, 0.05) is 32.2 Å². The van der Waals surface area contributed by atoms with Crippen molar-refractivity contribution in [2.45, 2.75) is 50.3 Å². The zero-order valence-corrected chi connectivity index (χ0v) is 13.4. The number of rotatable bonds is 5. The largest absolute Gasteiger partial charge is 0.389 e. The number of fused-ring (bicyclic) bond motifs is 1. The summed E-state index contributed by atoms with van der Waals surface area (Å²) in [6.07, 6.45) is 5.82. The second kappa shape index (κ2) is 5.95. The van der Waals surface area contributed by atoms with E-state index in [9.17, 15) is 5.11 Å². The minimum atomic E-state index is -0.388. The first-order chi connectivity index (χ1) is 10.7. The molecular formula is C19H28N2O. The average molecular weight is 300 g/mol. The van der Waals surface area contributed by atoms with E-state index >= 15 is 0 Å². The number of aliphatic hydroxyl groups is 1. The Bertz CT molecular complexity index is 499. The van der Waals surface area contributed by atoms with E-state index in [-0.39, 0.29) is 5.60 Å². The van der Waals surface area contributed by atoms with Crippen molar-refractivity contribution in [3.05, 3.63) is 35.9 Å². The summed E-state index contributed by atoms with van der Waals surface area (Å²) in [5.74, 6) is 1.64. The summed E-state index contributed by atoms with van der Waals surface area (Å²) in [6, 6.07) is 11.4. The zero-order chi connectivity index (χ0) is 15.0. The highest BCUT2D eigenvalue weighted by atomic mass is 16.3.